The van der Waals surface area contributed by atoms with Crippen LogP contribution in [-0.2, 0) is 10.0 Å². The van der Waals surface area contributed by atoms with Crippen LogP contribution < -0.4 is 10.5 Å². The van der Waals surface area contributed by atoms with E-state index < -0.39 is 10.0 Å². The van der Waals surface area contributed by atoms with Gasteiger partial charge in [0.2, 0.25) is 10.0 Å². The Bertz CT molecular complexity index is 666. The van der Waals surface area contributed by atoms with Crippen molar-refractivity contribution in [2.24, 2.45) is 0 Å². The Morgan fingerprint density at radius 1 is 1.48 bits per heavy atom. The normalized spacial score (nSPS) is 23.7. The molecular formula is C14H20N4O2S. The van der Waals surface area contributed by atoms with Crippen molar-refractivity contribution in [1.82, 2.24) is 9.62 Å². The fraction of sp³-hybridized carbons (Fsp3) is 0.500. The standard InChI is InChI=1S/C14H20N4O2S/c1-10-7-13(5-6-18(10)2)17-21(19,20)14-4-3-12(16)8-11(14)9-15/h3-4,8,10,13,17H,5-7,16H2,1-2H3. The van der Waals surface area contributed by atoms with Crippen LogP contribution in [0.4, 0.5) is 5.69 Å². The molecule has 1 aliphatic rings. The molecule has 0 bridgehead atoms. The van der Waals surface area contributed by atoms with Crippen molar-refractivity contribution in [2.45, 2.75) is 36.7 Å². The smallest absolute Gasteiger partial charge is 0.242 e. The van der Waals surface area contributed by atoms with Gasteiger partial charge in [-0.2, -0.15) is 5.26 Å². The number of benzene rings is 1. The van der Waals surface area contributed by atoms with Crippen LogP contribution in [0.15, 0.2) is 23.1 Å². The number of rotatable bonds is 3. The van der Waals surface area contributed by atoms with Gasteiger partial charge in [-0.25, -0.2) is 13.1 Å². The summed E-state index contributed by atoms with van der Waals surface area (Å²) in [6, 6.07) is 6.37. The molecule has 1 aromatic rings. The van der Waals surface area contributed by atoms with E-state index in [1.165, 1.54) is 18.2 Å². The molecule has 7 heteroatoms. The molecule has 3 N–H and O–H groups in total. The van der Waals surface area contributed by atoms with Gasteiger partial charge in [-0.15, -0.1) is 0 Å². The van der Waals surface area contributed by atoms with Gasteiger partial charge in [0.05, 0.1) is 10.5 Å². The molecule has 0 aromatic heterocycles. The first-order valence-corrected chi connectivity index (χ1v) is 8.34. The van der Waals surface area contributed by atoms with E-state index in [1.54, 1.807) is 0 Å². The quantitative estimate of drug-likeness (QED) is 0.808. The highest BCUT2D eigenvalue weighted by Gasteiger charge is 2.28. The average molecular weight is 308 g/mol. The number of likely N-dealkylation sites (tertiary alicyclic amines) is 1. The largest absolute Gasteiger partial charge is 0.399 e. The summed E-state index contributed by atoms with van der Waals surface area (Å²) in [6.45, 7) is 2.92. The zero-order chi connectivity index (χ0) is 15.6. The van der Waals surface area contributed by atoms with E-state index >= 15 is 0 Å². The van der Waals surface area contributed by atoms with Crippen molar-refractivity contribution < 1.29 is 8.42 Å². The summed E-state index contributed by atoms with van der Waals surface area (Å²) in [5.41, 5.74) is 6.04. The lowest BCUT2D eigenvalue weighted by Gasteiger charge is -2.35. The zero-order valence-corrected chi connectivity index (χ0v) is 13.0. The van der Waals surface area contributed by atoms with Crippen LogP contribution in [0.2, 0.25) is 0 Å². The number of nitrogens with two attached hydrogens (primary N) is 1. The molecule has 1 heterocycles. The third kappa shape index (κ3) is 3.53. The Labute approximate surface area is 125 Å². The molecule has 0 aliphatic carbocycles. The fourth-order valence-electron chi connectivity index (χ4n) is 2.55. The molecule has 0 saturated carbocycles. The predicted octanol–water partition coefficient (Wildman–Crippen LogP) is 0.901. The molecule has 0 spiro atoms. The molecule has 1 fully saturated rings. The minimum absolute atomic E-state index is 0.00854. The monoisotopic (exact) mass is 308 g/mol. The van der Waals surface area contributed by atoms with Crippen LogP contribution in [0.3, 0.4) is 0 Å². The Morgan fingerprint density at radius 2 is 2.19 bits per heavy atom. The number of hydrogen-bond acceptors (Lipinski definition) is 5. The first kappa shape index (κ1) is 15.8. The van der Waals surface area contributed by atoms with Crippen LogP contribution in [-0.4, -0.2) is 39.0 Å². The number of nitrogen functional groups attached to an aromatic ring is 1. The summed E-state index contributed by atoms with van der Waals surface area (Å²) in [5.74, 6) is 0. The van der Waals surface area contributed by atoms with E-state index in [2.05, 4.69) is 16.5 Å². The molecule has 2 atom stereocenters. The van der Waals surface area contributed by atoms with E-state index in [9.17, 15) is 8.42 Å². The van der Waals surface area contributed by atoms with E-state index in [-0.39, 0.29) is 16.5 Å². The van der Waals surface area contributed by atoms with Crippen molar-refractivity contribution >= 4 is 15.7 Å². The highest BCUT2D eigenvalue weighted by Crippen LogP contribution is 2.21. The fourth-order valence-corrected chi connectivity index (χ4v) is 3.97. The van der Waals surface area contributed by atoms with Crippen LogP contribution in [0.5, 0.6) is 0 Å². The van der Waals surface area contributed by atoms with Crippen LogP contribution in [0.1, 0.15) is 25.3 Å². The van der Waals surface area contributed by atoms with Crippen molar-refractivity contribution in [3.8, 4) is 6.07 Å². The van der Waals surface area contributed by atoms with Gasteiger partial charge in [0.25, 0.3) is 0 Å². The summed E-state index contributed by atoms with van der Waals surface area (Å²) in [5, 5.41) is 9.08. The molecule has 1 aliphatic heterocycles. The maximum atomic E-state index is 12.5. The van der Waals surface area contributed by atoms with Gasteiger partial charge in [-0.05, 0) is 51.6 Å². The molecule has 2 unspecified atom stereocenters. The number of anilines is 1. The maximum Gasteiger partial charge on any atom is 0.242 e. The molecule has 21 heavy (non-hydrogen) atoms. The first-order chi connectivity index (χ1) is 9.83. The van der Waals surface area contributed by atoms with Gasteiger partial charge < -0.3 is 10.6 Å². The summed E-state index contributed by atoms with van der Waals surface area (Å²) >= 11 is 0. The lowest BCUT2D eigenvalue weighted by Crippen LogP contribution is -2.47. The average Bonchev–Trinajstić information content (AvgIpc) is 2.42. The number of piperidine rings is 1. The third-order valence-electron chi connectivity index (χ3n) is 3.94. The van der Waals surface area contributed by atoms with Gasteiger partial charge in [0.15, 0.2) is 0 Å². The van der Waals surface area contributed by atoms with Crippen LogP contribution >= 0.6 is 0 Å². The van der Waals surface area contributed by atoms with E-state index in [0.717, 1.165) is 19.4 Å². The van der Waals surface area contributed by atoms with Crippen LogP contribution in [0, 0.1) is 11.3 Å². The maximum absolute atomic E-state index is 12.5. The Kier molecular flexibility index (Phi) is 4.52. The van der Waals surface area contributed by atoms with Gasteiger partial charge >= 0.3 is 0 Å². The SMILES string of the molecule is CC1CC(NS(=O)(=O)c2ccc(N)cc2C#N)CCN1C. The highest BCUT2D eigenvalue weighted by molar-refractivity contribution is 7.89. The lowest BCUT2D eigenvalue weighted by molar-refractivity contribution is 0.178. The summed E-state index contributed by atoms with van der Waals surface area (Å²) in [6.07, 6.45) is 1.52. The van der Waals surface area contributed by atoms with Gasteiger partial charge in [0.1, 0.15) is 6.07 Å². The number of nitrogens with zero attached hydrogens (tertiary/aromatic N) is 2. The number of nitriles is 1. The van der Waals surface area contributed by atoms with E-state index in [1.807, 2.05) is 13.1 Å². The number of hydrogen-bond donors (Lipinski definition) is 2. The second-order valence-electron chi connectivity index (χ2n) is 5.54. The topological polar surface area (TPSA) is 99.2 Å². The Balaban J connectivity index is 2.22. The molecular weight excluding hydrogens is 288 g/mol. The molecule has 114 valence electrons. The molecule has 0 radical (unpaired) electrons. The van der Waals surface area contributed by atoms with Crippen molar-refractivity contribution in [1.29, 1.82) is 5.26 Å². The zero-order valence-electron chi connectivity index (χ0n) is 12.2. The van der Waals surface area contributed by atoms with Gasteiger partial charge in [-0.1, -0.05) is 0 Å². The van der Waals surface area contributed by atoms with E-state index in [4.69, 9.17) is 11.0 Å². The second kappa shape index (κ2) is 6.02. The molecule has 2 rings (SSSR count). The first-order valence-electron chi connectivity index (χ1n) is 6.85. The molecule has 0 amide bonds. The van der Waals surface area contributed by atoms with Gasteiger partial charge in [0, 0.05) is 17.8 Å². The second-order valence-corrected chi connectivity index (χ2v) is 7.22. The molecule has 6 nitrogen and oxygen atoms in total. The Hall–Kier alpha value is -1.62. The van der Waals surface area contributed by atoms with Crippen molar-refractivity contribution in [3.05, 3.63) is 23.8 Å². The molecule has 1 aromatic carbocycles. The van der Waals surface area contributed by atoms with E-state index in [0.29, 0.717) is 11.7 Å². The van der Waals surface area contributed by atoms with Crippen molar-refractivity contribution in [2.75, 3.05) is 19.3 Å². The molecule has 1 saturated heterocycles. The third-order valence-corrected chi connectivity index (χ3v) is 5.52. The predicted molar refractivity (Wildman–Crippen MR) is 81.0 cm³/mol. The van der Waals surface area contributed by atoms with Crippen molar-refractivity contribution in [3.63, 3.8) is 0 Å². The van der Waals surface area contributed by atoms with Gasteiger partial charge in [-0.3, -0.25) is 0 Å². The minimum Gasteiger partial charge on any atom is -0.399 e. The number of sulfonamides is 1. The highest BCUT2D eigenvalue weighted by atomic mass is 32.2. The minimum atomic E-state index is -3.71. The summed E-state index contributed by atoms with van der Waals surface area (Å²) in [7, 11) is -1.68. The summed E-state index contributed by atoms with van der Waals surface area (Å²) < 4.78 is 27.6. The Morgan fingerprint density at radius 3 is 2.81 bits per heavy atom. The number of nitrogens with one attached hydrogen (secondary N) is 1. The lowest BCUT2D eigenvalue weighted by atomic mass is 10.0. The van der Waals surface area contributed by atoms with Crippen LogP contribution in [0.25, 0.3) is 0 Å². The summed E-state index contributed by atoms with van der Waals surface area (Å²) in [4.78, 5) is 2.19.